The molecule has 3 aromatic rings. The van der Waals surface area contributed by atoms with E-state index in [0.717, 1.165) is 54.6 Å². The fraction of sp³-hybridized carbons (Fsp3) is 0.348. The van der Waals surface area contributed by atoms with Gasteiger partial charge in [-0.2, -0.15) is 0 Å². The van der Waals surface area contributed by atoms with Crippen molar-refractivity contribution < 1.29 is 4.74 Å². The minimum atomic E-state index is 0.357. The molecule has 0 aliphatic carbocycles. The Kier molecular flexibility index (Phi) is 6.00. The number of nitrogens with one attached hydrogen (secondary N) is 1. The Morgan fingerprint density at radius 1 is 1.17 bits per heavy atom. The van der Waals surface area contributed by atoms with Gasteiger partial charge < -0.3 is 10.1 Å². The lowest BCUT2D eigenvalue weighted by atomic mass is 10.1. The van der Waals surface area contributed by atoms with Crippen LogP contribution in [0.25, 0.3) is 0 Å². The number of anilines is 2. The Morgan fingerprint density at radius 2 is 2.03 bits per heavy atom. The van der Waals surface area contributed by atoms with Crippen molar-refractivity contribution in [3.05, 3.63) is 71.9 Å². The van der Waals surface area contributed by atoms with Gasteiger partial charge in [0, 0.05) is 30.3 Å². The molecular formula is C23H27N5O. The number of benzene rings is 1. The largest absolute Gasteiger partial charge is 0.497 e. The smallest absolute Gasteiger partial charge is 0.148 e. The van der Waals surface area contributed by atoms with E-state index in [1.165, 1.54) is 12.0 Å². The van der Waals surface area contributed by atoms with Gasteiger partial charge in [0.2, 0.25) is 0 Å². The number of ether oxygens (including phenoxy) is 1. The molecule has 1 saturated heterocycles. The zero-order valence-corrected chi connectivity index (χ0v) is 17.0. The molecule has 1 aliphatic rings. The predicted molar refractivity (Wildman–Crippen MR) is 115 cm³/mol. The molecule has 1 aliphatic heterocycles. The molecule has 150 valence electrons. The van der Waals surface area contributed by atoms with Gasteiger partial charge in [-0.3, -0.25) is 14.9 Å². The molecule has 1 N–H and O–H groups in total. The summed E-state index contributed by atoms with van der Waals surface area (Å²) in [5, 5.41) is 3.35. The van der Waals surface area contributed by atoms with Crippen LogP contribution in [0.15, 0.2) is 55.0 Å². The lowest BCUT2D eigenvalue weighted by Crippen LogP contribution is -2.26. The standard InChI is InChI=1S/C23H27N5O/c1-17-14-19(27-23-16-24-10-11-25-23)15-21(26-17)22-4-3-12-28(22)13-9-18-5-7-20(29-2)8-6-18/h5-8,10-11,14-16,22H,3-4,9,12-13H2,1-2H3,(H,25,26,27). The summed E-state index contributed by atoms with van der Waals surface area (Å²) in [6.07, 6.45) is 8.46. The maximum Gasteiger partial charge on any atom is 0.148 e. The maximum atomic E-state index is 5.25. The second-order valence-corrected chi connectivity index (χ2v) is 7.43. The Labute approximate surface area is 172 Å². The van der Waals surface area contributed by atoms with Crippen LogP contribution < -0.4 is 10.1 Å². The van der Waals surface area contributed by atoms with Crippen molar-refractivity contribution in [1.29, 1.82) is 0 Å². The molecule has 0 amide bonds. The summed E-state index contributed by atoms with van der Waals surface area (Å²) in [6, 6.07) is 12.9. The van der Waals surface area contributed by atoms with Gasteiger partial charge in [0.25, 0.3) is 0 Å². The second-order valence-electron chi connectivity index (χ2n) is 7.43. The Balaban J connectivity index is 1.46. The molecule has 1 atom stereocenters. The van der Waals surface area contributed by atoms with E-state index >= 15 is 0 Å². The molecule has 6 nitrogen and oxygen atoms in total. The number of aryl methyl sites for hydroxylation is 1. The fourth-order valence-electron chi connectivity index (χ4n) is 3.94. The number of hydrogen-bond acceptors (Lipinski definition) is 6. The van der Waals surface area contributed by atoms with E-state index in [-0.39, 0.29) is 0 Å². The highest BCUT2D eigenvalue weighted by Gasteiger charge is 2.27. The van der Waals surface area contributed by atoms with Gasteiger partial charge in [-0.15, -0.1) is 0 Å². The molecule has 0 bridgehead atoms. The normalized spacial score (nSPS) is 16.7. The predicted octanol–water partition coefficient (Wildman–Crippen LogP) is 4.31. The van der Waals surface area contributed by atoms with Crippen molar-refractivity contribution >= 4 is 11.5 Å². The van der Waals surface area contributed by atoms with E-state index in [1.807, 2.05) is 19.1 Å². The van der Waals surface area contributed by atoms with Crippen LogP contribution in [0.3, 0.4) is 0 Å². The highest BCUT2D eigenvalue weighted by atomic mass is 16.5. The number of methoxy groups -OCH3 is 1. The number of likely N-dealkylation sites (tertiary alicyclic amines) is 1. The first kappa shape index (κ1) is 19.3. The second kappa shape index (κ2) is 9.01. The Bertz CT molecular complexity index is 930. The third-order valence-electron chi connectivity index (χ3n) is 5.36. The molecule has 6 heteroatoms. The highest BCUT2D eigenvalue weighted by molar-refractivity contribution is 5.56. The zero-order valence-electron chi connectivity index (χ0n) is 17.0. The summed E-state index contributed by atoms with van der Waals surface area (Å²) >= 11 is 0. The van der Waals surface area contributed by atoms with Gasteiger partial charge in [-0.25, -0.2) is 4.98 Å². The average Bonchev–Trinajstić information content (AvgIpc) is 3.22. The molecule has 1 unspecified atom stereocenters. The monoisotopic (exact) mass is 389 g/mol. The summed E-state index contributed by atoms with van der Waals surface area (Å²) in [5.41, 5.74) is 4.48. The average molecular weight is 390 g/mol. The van der Waals surface area contributed by atoms with Gasteiger partial charge in [0.05, 0.1) is 25.0 Å². The van der Waals surface area contributed by atoms with Crippen molar-refractivity contribution in [3.63, 3.8) is 0 Å². The van der Waals surface area contributed by atoms with Gasteiger partial charge >= 0.3 is 0 Å². The molecule has 3 heterocycles. The van der Waals surface area contributed by atoms with Crippen LogP contribution in [0.4, 0.5) is 11.5 Å². The number of pyridine rings is 1. The molecular weight excluding hydrogens is 362 g/mol. The molecule has 4 rings (SSSR count). The number of hydrogen-bond donors (Lipinski definition) is 1. The molecule has 2 aromatic heterocycles. The summed E-state index contributed by atoms with van der Waals surface area (Å²) in [7, 11) is 1.70. The van der Waals surface area contributed by atoms with E-state index in [1.54, 1.807) is 25.7 Å². The van der Waals surface area contributed by atoms with Crippen LogP contribution in [0.5, 0.6) is 5.75 Å². The van der Waals surface area contributed by atoms with E-state index in [2.05, 4.69) is 44.5 Å². The molecule has 1 fully saturated rings. The molecule has 1 aromatic carbocycles. The third kappa shape index (κ3) is 4.90. The van der Waals surface area contributed by atoms with Crippen molar-refractivity contribution in [3.8, 4) is 5.75 Å². The minimum Gasteiger partial charge on any atom is -0.497 e. The van der Waals surface area contributed by atoms with E-state index < -0.39 is 0 Å². The fourth-order valence-corrected chi connectivity index (χ4v) is 3.94. The van der Waals surface area contributed by atoms with Crippen molar-refractivity contribution in [2.75, 3.05) is 25.5 Å². The van der Waals surface area contributed by atoms with Crippen molar-refractivity contribution in [2.45, 2.75) is 32.2 Å². The van der Waals surface area contributed by atoms with Crippen LogP contribution >= 0.6 is 0 Å². The zero-order chi connectivity index (χ0) is 20.1. The summed E-state index contributed by atoms with van der Waals surface area (Å²) in [4.78, 5) is 15.8. The number of nitrogens with zero attached hydrogens (tertiary/aromatic N) is 4. The molecule has 0 saturated carbocycles. The quantitative estimate of drug-likeness (QED) is 0.650. The van der Waals surface area contributed by atoms with E-state index in [0.29, 0.717) is 6.04 Å². The van der Waals surface area contributed by atoms with Crippen LogP contribution in [0, 0.1) is 6.92 Å². The van der Waals surface area contributed by atoms with Crippen molar-refractivity contribution in [2.24, 2.45) is 0 Å². The molecule has 0 radical (unpaired) electrons. The van der Waals surface area contributed by atoms with Gasteiger partial charge in [0.1, 0.15) is 11.6 Å². The number of rotatable bonds is 7. The first-order valence-electron chi connectivity index (χ1n) is 10.1. The topological polar surface area (TPSA) is 63.2 Å². The molecule has 0 spiro atoms. The lowest BCUT2D eigenvalue weighted by Gasteiger charge is -2.25. The Hall–Kier alpha value is -2.99. The first-order chi connectivity index (χ1) is 14.2. The lowest BCUT2D eigenvalue weighted by molar-refractivity contribution is 0.256. The van der Waals surface area contributed by atoms with Crippen LogP contribution in [-0.4, -0.2) is 40.1 Å². The summed E-state index contributed by atoms with van der Waals surface area (Å²) in [5.74, 6) is 1.65. The van der Waals surface area contributed by atoms with Gasteiger partial charge in [-0.1, -0.05) is 12.1 Å². The Morgan fingerprint density at radius 3 is 2.79 bits per heavy atom. The van der Waals surface area contributed by atoms with Crippen LogP contribution in [-0.2, 0) is 6.42 Å². The highest BCUT2D eigenvalue weighted by Crippen LogP contribution is 2.32. The van der Waals surface area contributed by atoms with E-state index in [4.69, 9.17) is 9.72 Å². The minimum absolute atomic E-state index is 0.357. The van der Waals surface area contributed by atoms with Gasteiger partial charge in [0.15, 0.2) is 0 Å². The summed E-state index contributed by atoms with van der Waals surface area (Å²) < 4.78 is 5.25. The first-order valence-corrected chi connectivity index (χ1v) is 10.1. The van der Waals surface area contributed by atoms with Crippen LogP contribution in [0.2, 0.25) is 0 Å². The molecule has 29 heavy (non-hydrogen) atoms. The van der Waals surface area contributed by atoms with Gasteiger partial charge in [-0.05, 0) is 62.6 Å². The maximum absolute atomic E-state index is 5.25. The number of aromatic nitrogens is 3. The van der Waals surface area contributed by atoms with Crippen LogP contribution in [0.1, 0.15) is 35.8 Å². The summed E-state index contributed by atoms with van der Waals surface area (Å²) in [6.45, 7) is 4.19. The van der Waals surface area contributed by atoms with E-state index in [9.17, 15) is 0 Å². The SMILES string of the molecule is COc1ccc(CCN2CCCC2c2cc(Nc3cnccn3)cc(C)n2)cc1. The van der Waals surface area contributed by atoms with Crippen molar-refractivity contribution in [1.82, 2.24) is 19.9 Å². The third-order valence-corrected chi connectivity index (χ3v) is 5.36.